The Morgan fingerprint density at radius 3 is 2.63 bits per heavy atom. The highest BCUT2D eigenvalue weighted by atomic mass is 28.1. The number of rotatable bonds is 5. The predicted octanol–water partition coefficient (Wildman–Crippen LogP) is 1.76. The molecule has 1 atom stereocenters. The second kappa shape index (κ2) is 6.10. The number of aromatic hydroxyl groups is 1. The van der Waals surface area contributed by atoms with Crippen LogP contribution in [0, 0.1) is 5.92 Å². The molecule has 0 saturated heterocycles. The molecule has 106 valence electrons. The van der Waals surface area contributed by atoms with E-state index in [0.717, 1.165) is 16.3 Å². The highest BCUT2D eigenvalue weighted by Gasteiger charge is 2.27. The number of phenolic OH excluding ortho intramolecular Hbond substituents is 1. The molecule has 1 unspecified atom stereocenters. The van der Waals surface area contributed by atoms with Crippen LogP contribution in [0.15, 0.2) is 18.2 Å². The van der Waals surface area contributed by atoms with Gasteiger partial charge in [-0.15, -0.1) is 0 Å². The fraction of sp³-hybridized carbons (Fsp3) is 0.500. The minimum absolute atomic E-state index is 0.104. The molecule has 0 spiro atoms. The molecule has 0 aromatic heterocycles. The van der Waals surface area contributed by atoms with Crippen molar-refractivity contribution in [3.05, 3.63) is 23.8 Å². The molecule has 19 heavy (non-hydrogen) atoms. The van der Waals surface area contributed by atoms with Crippen molar-refractivity contribution in [3.8, 4) is 11.5 Å². The van der Waals surface area contributed by atoms with Crippen molar-refractivity contribution in [2.24, 2.45) is 5.92 Å². The van der Waals surface area contributed by atoms with Gasteiger partial charge in [0.15, 0.2) is 0 Å². The van der Waals surface area contributed by atoms with Crippen LogP contribution in [0.25, 0.3) is 0 Å². The summed E-state index contributed by atoms with van der Waals surface area (Å²) in [5, 5.41) is 9.64. The van der Waals surface area contributed by atoms with E-state index >= 15 is 0 Å². The molecule has 4 nitrogen and oxygen atoms in total. The Morgan fingerprint density at radius 1 is 1.47 bits per heavy atom. The first-order chi connectivity index (χ1) is 8.81. The van der Waals surface area contributed by atoms with Gasteiger partial charge in [0.05, 0.1) is 7.11 Å². The Labute approximate surface area is 117 Å². The number of methoxy groups -OCH3 is 1. The molecular weight excluding hydrogens is 260 g/mol. The van der Waals surface area contributed by atoms with Gasteiger partial charge in [-0.3, -0.25) is 0 Å². The van der Waals surface area contributed by atoms with E-state index in [0.29, 0.717) is 11.7 Å². The second-order valence-corrected chi connectivity index (χ2v) is 6.00. The summed E-state index contributed by atoms with van der Waals surface area (Å²) in [5.74, 6) is 0.310. The molecule has 0 saturated carbocycles. The van der Waals surface area contributed by atoms with E-state index in [2.05, 4.69) is 11.7 Å². The first-order valence-electron chi connectivity index (χ1n) is 6.42. The Kier molecular flexibility index (Phi) is 5.00. The molecule has 0 bridgehead atoms. The average Bonchev–Trinajstić information content (AvgIpc) is 2.38. The van der Waals surface area contributed by atoms with Crippen molar-refractivity contribution >= 4 is 16.2 Å². The van der Waals surface area contributed by atoms with Gasteiger partial charge in [0.25, 0.3) is 0 Å². The van der Waals surface area contributed by atoms with Crippen LogP contribution in [-0.2, 0) is 4.74 Å². The maximum atomic E-state index is 11.5. The molecule has 5 heteroatoms. The largest absolute Gasteiger partial charge is 0.507 e. The number of ether oxygens (including phenoxy) is 2. The first kappa shape index (κ1) is 15.6. The van der Waals surface area contributed by atoms with Crippen LogP contribution in [0.3, 0.4) is 0 Å². The van der Waals surface area contributed by atoms with E-state index in [1.54, 1.807) is 6.07 Å². The molecule has 1 aromatic rings. The topological polar surface area (TPSA) is 55.8 Å². The molecule has 0 aliphatic heterocycles. The standard InChI is InChI=1S/C14H22O4Si/c1-9(8-19)14(2,3)18-10-5-6-12(15)11(7-10)13(16)17-4/h5-7,9,15H,8H2,1-4,19H3. The number of phenols is 1. The summed E-state index contributed by atoms with van der Waals surface area (Å²) < 4.78 is 10.6. The summed E-state index contributed by atoms with van der Waals surface area (Å²) in [6.07, 6.45) is 0. The van der Waals surface area contributed by atoms with Gasteiger partial charge in [0, 0.05) is 10.2 Å². The number of benzene rings is 1. The number of hydrogen-bond donors (Lipinski definition) is 1. The van der Waals surface area contributed by atoms with Crippen LogP contribution >= 0.6 is 0 Å². The fourth-order valence-corrected chi connectivity index (χ4v) is 2.73. The molecule has 0 amide bonds. The number of hydrogen-bond acceptors (Lipinski definition) is 4. The Hall–Kier alpha value is -1.49. The van der Waals surface area contributed by atoms with Crippen molar-refractivity contribution in [1.82, 2.24) is 0 Å². The molecular formula is C14H22O4Si. The van der Waals surface area contributed by atoms with Gasteiger partial charge in [-0.1, -0.05) is 13.0 Å². The molecule has 0 fully saturated rings. The lowest BCUT2D eigenvalue weighted by Crippen LogP contribution is -2.35. The minimum Gasteiger partial charge on any atom is -0.507 e. The van der Waals surface area contributed by atoms with Gasteiger partial charge in [-0.25, -0.2) is 4.79 Å². The van der Waals surface area contributed by atoms with E-state index < -0.39 is 5.97 Å². The second-order valence-electron chi connectivity index (χ2n) is 5.19. The maximum Gasteiger partial charge on any atom is 0.341 e. The Bertz CT molecular complexity index is 457. The number of esters is 1. The molecule has 0 aliphatic rings. The zero-order valence-electron chi connectivity index (χ0n) is 12.2. The van der Waals surface area contributed by atoms with E-state index in [-0.39, 0.29) is 16.9 Å². The third kappa shape index (κ3) is 3.73. The van der Waals surface area contributed by atoms with E-state index in [1.807, 2.05) is 13.8 Å². The molecule has 0 heterocycles. The first-order valence-corrected chi connectivity index (χ1v) is 7.83. The van der Waals surface area contributed by atoms with Gasteiger partial charge in [0.2, 0.25) is 0 Å². The van der Waals surface area contributed by atoms with Gasteiger partial charge < -0.3 is 14.6 Å². The van der Waals surface area contributed by atoms with E-state index in [4.69, 9.17) is 4.74 Å². The average molecular weight is 282 g/mol. The number of carbonyl (C=O) groups is 1. The molecule has 1 aromatic carbocycles. The van der Waals surface area contributed by atoms with Crippen LogP contribution in [0.1, 0.15) is 31.1 Å². The van der Waals surface area contributed by atoms with Gasteiger partial charge in [-0.05, 0) is 38.0 Å². The number of carbonyl (C=O) groups excluding carboxylic acids is 1. The monoisotopic (exact) mass is 282 g/mol. The highest BCUT2D eigenvalue weighted by molar-refractivity contribution is 6.08. The van der Waals surface area contributed by atoms with Gasteiger partial charge in [-0.2, -0.15) is 0 Å². The summed E-state index contributed by atoms with van der Waals surface area (Å²) in [6, 6.07) is 5.75. The molecule has 0 aliphatic carbocycles. The van der Waals surface area contributed by atoms with Crippen LogP contribution in [0.2, 0.25) is 6.04 Å². The third-order valence-corrected chi connectivity index (χ3v) is 4.78. The highest BCUT2D eigenvalue weighted by Crippen LogP contribution is 2.30. The third-order valence-electron chi connectivity index (χ3n) is 3.55. The van der Waals surface area contributed by atoms with Crippen LogP contribution in [-0.4, -0.2) is 34.0 Å². The minimum atomic E-state index is -0.572. The summed E-state index contributed by atoms with van der Waals surface area (Å²) in [7, 11) is 2.40. The quantitative estimate of drug-likeness (QED) is 0.660. The SMILES string of the molecule is COC(=O)c1cc(OC(C)(C)C(C)C[SiH3])ccc1O. The van der Waals surface area contributed by atoms with E-state index in [1.165, 1.54) is 19.2 Å². The van der Waals surface area contributed by atoms with E-state index in [9.17, 15) is 9.90 Å². The van der Waals surface area contributed by atoms with Crippen molar-refractivity contribution in [2.45, 2.75) is 32.4 Å². The summed E-state index contributed by atoms with van der Waals surface area (Å²) in [4.78, 5) is 11.5. The lowest BCUT2D eigenvalue weighted by molar-refractivity contribution is 0.0565. The Morgan fingerprint density at radius 2 is 2.11 bits per heavy atom. The van der Waals surface area contributed by atoms with Crippen LogP contribution in [0.5, 0.6) is 11.5 Å². The Balaban J connectivity index is 3.00. The van der Waals surface area contributed by atoms with Gasteiger partial charge in [0.1, 0.15) is 22.7 Å². The van der Waals surface area contributed by atoms with Crippen molar-refractivity contribution in [3.63, 3.8) is 0 Å². The van der Waals surface area contributed by atoms with Crippen molar-refractivity contribution in [2.75, 3.05) is 7.11 Å². The predicted molar refractivity (Wildman–Crippen MR) is 78.1 cm³/mol. The molecule has 1 N–H and O–H groups in total. The normalized spacial score (nSPS) is 13.1. The van der Waals surface area contributed by atoms with Crippen LogP contribution in [0.4, 0.5) is 0 Å². The zero-order valence-corrected chi connectivity index (χ0v) is 14.2. The fourth-order valence-electron chi connectivity index (χ4n) is 1.75. The summed E-state index contributed by atoms with van der Waals surface area (Å²) in [6.45, 7) is 6.20. The smallest absolute Gasteiger partial charge is 0.341 e. The maximum absolute atomic E-state index is 11.5. The van der Waals surface area contributed by atoms with Crippen molar-refractivity contribution < 1.29 is 19.4 Å². The lowest BCUT2D eigenvalue weighted by atomic mass is 9.94. The molecule has 1 rings (SSSR count). The van der Waals surface area contributed by atoms with Crippen molar-refractivity contribution in [1.29, 1.82) is 0 Å². The summed E-state index contributed by atoms with van der Waals surface area (Å²) >= 11 is 0. The van der Waals surface area contributed by atoms with Crippen LogP contribution < -0.4 is 4.74 Å². The molecule has 0 radical (unpaired) electrons. The zero-order chi connectivity index (χ0) is 14.6. The van der Waals surface area contributed by atoms with Gasteiger partial charge >= 0.3 is 5.97 Å². The summed E-state index contributed by atoms with van der Waals surface area (Å²) in [5.41, 5.74) is -0.194. The lowest BCUT2D eigenvalue weighted by Gasteiger charge is -2.32.